The van der Waals surface area contributed by atoms with Crippen molar-refractivity contribution in [2.24, 2.45) is 17.8 Å². The van der Waals surface area contributed by atoms with Crippen LogP contribution in [0.5, 0.6) is 0 Å². The molecule has 1 nitrogen and oxygen atoms in total. The van der Waals surface area contributed by atoms with Crippen LogP contribution >= 0.6 is 0 Å². The molecule has 5 aliphatic carbocycles. The van der Waals surface area contributed by atoms with Crippen molar-refractivity contribution in [3.63, 3.8) is 0 Å². The van der Waals surface area contributed by atoms with Gasteiger partial charge in [-0.1, -0.05) is 135 Å². The Balaban J connectivity index is 1.19. The second-order valence-corrected chi connectivity index (χ2v) is 16.4. The van der Waals surface area contributed by atoms with Crippen LogP contribution in [0.15, 0.2) is 146 Å². The summed E-state index contributed by atoms with van der Waals surface area (Å²) in [6.45, 7) is 4.78. The SMILES string of the molecule is CC1(C)c2ccccc2-c2ccc(N(c3ccc(C45CC6CC(CC(C6)C4)C5)cc3)c3c(-c4ccccc4)cccc3-c3ccccc3)cc21. The van der Waals surface area contributed by atoms with E-state index in [9.17, 15) is 0 Å². The van der Waals surface area contributed by atoms with Crippen molar-refractivity contribution in [1.29, 1.82) is 0 Å². The van der Waals surface area contributed by atoms with Crippen LogP contribution in [0, 0.1) is 17.8 Å². The highest BCUT2D eigenvalue weighted by Gasteiger charge is 2.51. The van der Waals surface area contributed by atoms with Crippen molar-refractivity contribution in [2.75, 3.05) is 4.90 Å². The Morgan fingerprint density at radius 1 is 0.460 bits per heavy atom. The Morgan fingerprint density at radius 2 is 0.960 bits per heavy atom. The van der Waals surface area contributed by atoms with E-state index in [2.05, 4.69) is 164 Å². The van der Waals surface area contributed by atoms with Gasteiger partial charge >= 0.3 is 0 Å². The number of hydrogen-bond donors (Lipinski definition) is 0. The lowest BCUT2D eigenvalue weighted by Crippen LogP contribution is -2.48. The average Bonchev–Trinajstić information content (AvgIpc) is 3.38. The van der Waals surface area contributed by atoms with E-state index in [0.717, 1.165) is 17.8 Å². The van der Waals surface area contributed by atoms with Crippen LogP contribution in [0.25, 0.3) is 33.4 Å². The molecule has 246 valence electrons. The third kappa shape index (κ3) is 4.66. The Labute approximate surface area is 297 Å². The molecule has 0 radical (unpaired) electrons. The van der Waals surface area contributed by atoms with Crippen molar-refractivity contribution >= 4 is 17.1 Å². The van der Waals surface area contributed by atoms with E-state index < -0.39 is 0 Å². The van der Waals surface area contributed by atoms with Gasteiger partial charge in [-0.15, -0.1) is 0 Å². The number of rotatable bonds is 6. The quantitative estimate of drug-likeness (QED) is 0.174. The molecule has 0 aliphatic heterocycles. The van der Waals surface area contributed by atoms with Crippen molar-refractivity contribution in [3.8, 4) is 33.4 Å². The number of benzene rings is 6. The first-order valence-corrected chi connectivity index (χ1v) is 18.9. The molecule has 0 N–H and O–H groups in total. The lowest BCUT2D eigenvalue weighted by atomic mass is 9.48. The Morgan fingerprint density at radius 3 is 1.56 bits per heavy atom. The van der Waals surface area contributed by atoms with Crippen LogP contribution in [0.4, 0.5) is 17.1 Å². The standard InChI is InChI=1S/C49H45N/c1-48(2)45-19-10-9-16-43(45)44-25-24-40(29-46(44)48)50(39-22-20-38(21-23-39)49-30-33-26-34(31-49)28-35(27-33)32-49)47-41(36-12-5-3-6-13-36)17-11-18-42(47)37-14-7-4-8-15-37/h3-25,29,33-35H,26-28,30-32H2,1-2H3. The highest BCUT2D eigenvalue weighted by atomic mass is 15.1. The van der Waals surface area contributed by atoms with Gasteiger partial charge in [0.2, 0.25) is 0 Å². The smallest absolute Gasteiger partial charge is 0.0618 e. The second kappa shape index (κ2) is 11.3. The Kier molecular flexibility index (Phi) is 6.79. The minimum Gasteiger partial charge on any atom is -0.309 e. The molecule has 0 spiro atoms. The van der Waals surface area contributed by atoms with E-state index in [4.69, 9.17) is 0 Å². The van der Waals surface area contributed by atoms with Crippen molar-refractivity contribution < 1.29 is 0 Å². The van der Waals surface area contributed by atoms with Gasteiger partial charge in [-0.2, -0.15) is 0 Å². The molecule has 4 fully saturated rings. The van der Waals surface area contributed by atoms with Crippen LogP contribution in [0.3, 0.4) is 0 Å². The number of anilines is 3. The third-order valence-electron chi connectivity index (χ3n) is 13.0. The Bertz CT molecular complexity index is 2120. The zero-order valence-electron chi connectivity index (χ0n) is 29.3. The summed E-state index contributed by atoms with van der Waals surface area (Å²) in [7, 11) is 0. The summed E-state index contributed by atoms with van der Waals surface area (Å²) in [5.74, 6) is 2.80. The Hall–Kier alpha value is -4.88. The molecule has 0 atom stereocenters. The summed E-state index contributed by atoms with van der Waals surface area (Å²) < 4.78 is 0. The molecular formula is C49H45N. The van der Waals surface area contributed by atoms with Gasteiger partial charge in [-0.25, -0.2) is 0 Å². The van der Waals surface area contributed by atoms with Crippen LogP contribution in [-0.4, -0.2) is 0 Å². The van der Waals surface area contributed by atoms with Crippen molar-refractivity contribution in [3.05, 3.63) is 162 Å². The molecule has 5 aliphatic rings. The van der Waals surface area contributed by atoms with Gasteiger partial charge in [-0.3, -0.25) is 0 Å². The van der Waals surface area contributed by atoms with Crippen LogP contribution in [0.1, 0.15) is 69.1 Å². The molecule has 1 heteroatoms. The third-order valence-corrected chi connectivity index (χ3v) is 13.0. The minimum atomic E-state index is -0.0861. The van der Waals surface area contributed by atoms with E-state index >= 15 is 0 Å². The zero-order valence-corrected chi connectivity index (χ0v) is 29.3. The largest absolute Gasteiger partial charge is 0.309 e. The average molecular weight is 648 g/mol. The molecular weight excluding hydrogens is 603 g/mol. The predicted octanol–water partition coefficient (Wildman–Crippen LogP) is 13.3. The first-order chi connectivity index (χ1) is 24.5. The minimum absolute atomic E-state index is 0.0861. The van der Waals surface area contributed by atoms with Crippen LogP contribution in [-0.2, 0) is 10.8 Å². The first kappa shape index (κ1) is 30.0. The maximum Gasteiger partial charge on any atom is 0.0618 e. The molecule has 6 aromatic rings. The molecule has 6 aromatic carbocycles. The highest BCUT2D eigenvalue weighted by Crippen LogP contribution is 2.61. The second-order valence-electron chi connectivity index (χ2n) is 16.4. The first-order valence-electron chi connectivity index (χ1n) is 18.9. The van der Waals surface area contributed by atoms with E-state index in [1.807, 2.05) is 0 Å². The molecule has 4 saturated carbocycles. The van der Waals surface area contributed by atoms with Gasteiger partial charge in [0, 0.05) is 27.9 Å². The molecule has 0 aromatic heterocycles. The fourth-order valence-corrected chi connectivity index (χ4v) is 11.2. The molecule has 0 saturated heterocycles. The fourth-order valence-electron chi connectivity index (χ4n) is 11.2. The summed E-state index contributed by atoms with van der Waals surface area (Å²) in [6.07, 6.45) is 8.58. The number of nitrogens with zero attached hydrogens (tertiary/aromatic N) is 1. The van der Waals surface area contributed by atoms with Gasteiger partial charge in [0.05, 0.1) is 5.69 Å². The van der Waals surface area contributed by atoms with E-state index in [1.54, 1.807) is 5.56 Å². The lowest BCUT2D eigenvalue weighted by molar-refractivity contribution is -0.00518. The molecule has 0 unspecified atom stereocenters. The van der Waals surface area contributed by atoms with Crippen molar-refractivity contribution in [1.82, 2.24) is 0 Å². The van der Waals surface area contributed by atoms with E-state index in [1.165, 1.54) is 100 Å². The van der Waals surface area contributed by atoms with E-state index in [-0.39, 0.29) is 5.41 Å². The molecule has 50 heavy (non-hydrogen) atoms. The van der Waals surface area contributed by atoms with Gasteiger partial charge in [0.1, 0.15) is 0 Å². The maximum atomic E-state index is 2.56. The van der Waals surface area contributed by atoms with Gasteiger partial charge in [0.15, 0.2) is 0 Å². The summed E-state index contributed by atoms with van der Waals surface area (Å²) in [5.41, 5.74) is 15.9. The number of para-hydroxylation sites is 1. The fraction of sp³-hybridized carbons (Fsp3) is 0.265. The number of fused-ring (bicyclic) bond motifs is 3. The monoisotopic (exact) mass is 647 g/mol. The normalized spacial score (nSPS) is 23.8. The summed E-state index contributed by atoms with van der Waals surface area (Å²) in [4.78, 5) is 2.56. The summed E-state index contributed by atoms with van der Waals surface area (Å²) in [6, 6.07) is 54.8. The zero-order chi connectivity index (χ0) is 33.5. The maximum absolute atomic E-state index is 2.56. The van der Waals surface area contributed by atoms with Crippen LogP contribution < -0.4 is 4.90 Å². The molecule has 0 heterocycles. The van der Waals surface area contributed by atoms with Crippen LogP contribution in [0.2, 0.25) is 0 Å². The molecule has 0 amide bonds. The highest BCUT2D eigenvalue weighted by molar-refractivity contribution is 5.98. The summed E-state index contributed by atoms with van der Waals surface area (Å²) >= 11 is 0. The van der Waals surface area contributed by atoms with E-state index in [0.29, 0.717) is 5.41 Å². The number of hydrogen-bond acceptors (Lipinski definition) is 1. The molecule has 4 bridgehead atoms. The van der Waals surface area contributed by atoms with Gasteiger partial charge in [0.25, 0.3) is 0 Å². The van der Waals surface area contributed by atoms with Gasteiger partial charge < -0.3 is 4.90 Å². The van der Waals surface area contributed by atoms with Crippen molar-refractivity contribution in [2.45, 2.75) is 63.2 Å². The summed E-state index contributed by atoms with van der Waals surface area (Å²) in [5, 5.41) is 0. The van der Waals surface area contributed by atoms with Gasteiger partial charge in [-0.05, 0) is 125 Å². The molecule has 11 rings (SSSR count). The topological polar surface area (TPSA) is 3.24 Å². The lowest BCUT2D eigenvalue weighted by Gasteiger charge is -2.57. The predicted molar refractivity (Wildman–Crippen MR) is 209 cm³/mol.